The highest BCUT2D eigenvalue weighted by Gasteiger charge is 2.48. The molecule has 4 atom stereocenters. The van der Waals surface area contributed by atoms with E-state index in [4.69, 9.17) is 9.84 Å². The zero-order valence-electron chi connectivity index (χ0n) is 20.5. The molecule has 2 N–H and O–H groups in total. The zero-order valence-corrected chi connectivity index (χ0v) is 20.5. The summed E-state index contributed by atoms with van der Waals surface area (Å²) in [7, 11) is 0. The summed E-state index contributed by atoms with van der Waals surface area (Å²) in [5, 5.41) is 12.1. The summed E-state index contributed by atoms with van der Waals surface area (Å²) in [5.41, 5.74) is 5.48. The molecule has 4 unspecified atom stereocenters. The first-order valence-corrected chi connectivity index (χ1v) is 12.2. The van der Waals surface area contributed by atoms with Crippen molar-refractivity contribution in [3.63, 3.8) is 0 Å². The van der Waals surface area contributed by atoms with Gasteiger partial charge in [0.25, 0.3) is 0 Å². The van der Waals surface area contributed by atoms with Crippen LogP contribution < -0.4 is 5.32 Å². The highest BCUT2D eigenvalue weighted by molar-refractivity contribution is 5.80. The summed E-state index contributed by atoms with van der Waals surface area (Å²) in [4.78, 5) is 23.9. The van der Waals surface area contributed by atoms with E-state index in [1.807, 2.05) is 30.3 Å². The number of ether oxygens (including phenoxy) is 1. The van der Waals surface area contributed by atoms with Gasteiger partial charge in [-0.25, -0.2) is 9.59 Å². The third-order valence-corrected chi connectivity index (χ3v) is 7.48. The molecule has 0 aliphatic heterocycles. The quantitative estimate of drug-likeness (QED) is 0.356. The predicted molar refractivity (Wildman–Crippen MR) is 138 cm³/mol. The van der Waals surface area contributed by atoms with E-state index in [-0.39, 0.29) is 24.5 Å². The molecule has 0 saturated heterocycles. The van der Waals surface area contributed by atoms with Crippen LogP contribution in [0.1, 0.15) is 37.8 Å². The Hall–Kier alpha value is -3.60. The zero-order chi connectivity index (χ0) is 25.1. The van der Waals surface area contributed by atoms with Gasteiger partial charge in [-0.1, -0.05) is 88.0 Å². The number of alkyl carbamates (subject to hydrolysis) is 1. The average molecular weight is 472 g/mol. The summed E-state index contributed by atoms with van der Waals surface area (Å²) in [6.07, 6.45) is 5.86. The van der Waals surface area contributed by atoms with Crippen molar-refractivity contribution in [1.29, 1.82) is 0 Å². The summed E-state index contributed by atoms with van der Waals surface area (Å²) in [6, 6.07) is 16.5. The van der Waals surface area contributed by atoms with Crippen molar-refractivity contribution in [1.82, 2.24) is 5.32 Å². The van der Waals surface area contributed by atoms with Gasteiger partial charge >= 0.3 is 12.1 Å². The van der Waals surface area contributed by atoms with Gasteiger partial charge in [-0.3, -0.25) is 0 Å². The van der Waals surface area contributed by atoms with Gasteiger partial charge in [0.1, 0.15) is 6.61 Å². The van der Waals surface area contributed by atoms with Gasteiger partial charge < -0.3 is 15.2 Å². The third-order valence-electron chi connectivity index (χ3n) is 7.48. The minimum Gasteiger partial charge on any atom is -0.478 e. The molecule has 2 aromatic carbocycles. The molecule has 0 aromatic heterocycles. The predicted octanol–water partition coefficient (Wildman–Crippen LogP) is 6.19. The number of hydrogen-bond acceptors (Lipinski definition) is 3. The lowest BCUT2D eigenvalue weighted by Gasteiger charge is -2.52. The molecule has 5 heteroatoms. The van der Waals surface area contributed by atoms with Gasteiger partial charge in [0, 0.05) is 24.0 Å². The number of carbonyl (C=O) groups excluding carboxylic acids is 1. The Labute approximate surface area is 207 Å². The molecule has 0 spiro atoms. The summed E-state index contributed by atoms with van der Waals surface area (Å²) in [6.45, 7) is 10.6. The molecule has 0 heterocycles. The van der Waals surface area contributed by atoms with Crippen molar-refractivity contribution in [2.24, 2.45) is 23.7 Å². The average Bonchev–Trinajstić information content (AvgIpc) is 3.16. The number of amides is 1. The van der Waals surface area contributed by atoms with Crippen LogP contribution in [0.15, 0.2) is 85.0 Å². The molecular formula is C30H33NO4. The topological polar surface area (TPSA) is 75.6 Å². The Morgan fingerprint density at radius 2 is 1.66 bits per heavy atom. The van der Waals surface area contributed by atoms with Crippen molar-refractivity contribution < 1.29 is 19.4 Å². The number of aliphatic carboxylic acids is 1. The van der Waals surface area contributed by atoms with Crippen molar-refractivity contribution >= 4 is 12.1 Å². The first-order valence-electron chi connectivity index (χ1n) is 12.2. The maximum atomic E-state index is 13.0. The second-order valence-corrected chi connectivity index (χ2v) is 9.80. The lowest BCUT2D eigenvalue weighted by atomic mass is 9.57. The van der Waals surface area contributed by atoms with Gasteiger partial charge in [-0.2, -0.15) is 0 Å². The number of carboxylic acids is 1. The van der Waals surface area contributed by atoms with Crippen LogP contribution in [0, 0.1) is 23.7 Å². The second-order valence-electron chi connectivity index (χ2n) is 9.80. The van der Waals surface area contributed by atoms with Crippen LogP contribution in [-0.2, 0) is 9.53 Å². The van der Waals surface area contributed by atoms with Gasteiger partial charge in [0.05, 0.1) is 0 Å². The minimum atomic E-state index is -1.01. The van der Waals surface area contributed by atoms with Crippen LogP contribution in [0.4, 0.5) is 4.79 Å². The SMILES string of the molecule is C=CC(/C=C/C(=O)O)=C\C1C(C)C(C(C)C)C1NC(=O)OCC1c2ccccc2-c2ccccc21. The van der Waals surface area contributed by atoms with Gasteiger partial charge in [0.15, 0.2) is 0 Å². The van der Waals surface area contributed by atoms with Crippen LogP contribution >= 0.6 is 0 Å². The number of rotatable bonds is 8. The Morgan fingerprint density at radius 1 is 1.06 bits per heavy atom. The maximum Gasteiger partial charge on any atom is 0.407 e. The molecule has 5 nitrogen and oxygen atoms in total. The molecule has 4 rings (SSSR count). The first kappa shape index (κ1) is 24.5. The molecule has 0 bridgehead atoms. The van der Waals surface area contributed by atoms with E-state index in [0.29, 0.717) is 17.8 Å². The maximum absolute atomic E-state index is 13.0. The number of benzene rings is 2. The molecule has 2 aromatic rings. The Bertz CT molecular complexity index is 1130. The van der Waals surface area contributed by atoms with E-state index in [2.05, 4.69) is 56.9 Å². The molecule has 1 saturated carbocycles. The standard InChI is InChI=1S/C30H33NO4/c1-5-20(14-15-27(32)33)16-25-19(4)28(18(2)3)29(25)31-30(34)35-17-26-23-12-8-6-10-21(23)22-11-7-9-13-24(22)26/h5-16,18-19,25-26,28-29H,1,17H2,2-4H3,(H,31,34)(H,32,33)/b15-14+,20-16+. The van der Waals surface area contributed by atoms with E-state index in [1.165, 1.54) is 28.3 Å². The summed E-state index contributed by atoms with van der Waals surface area (Å²) < 4.78 is 5.79. The highest BCUT2D eigenvalue weighted by Crippen LogP contribution is 2.47. The molecule has 182 valence electrons. The number of fused-ring (bicyclic) bond motifs is 3. The van der Waals surface area contributed by atoms with Gasteiger partial charge in [-0.05, 0) is 51.7 Å². The van der Waals surface area contributed by atoms with E-state index in [9.17, 15) is 9.59 Å². The molecule has 1 fully saturated rings. The van der Waals surface area contributed by atoms with Crippen LogP contribution in [0.2, 0.25) is 0 Å². The largest absolute Gasteiger partial charge is 0.478 e. The fourth-order valence-corrected chi connectivity index (χ4v) is 5.85. The van der Waals surface area contributed by atoms with E-state index in [1.54, 1.807) is 6.08 Å². The number of allylic oxidation sites excluding steroid dienone is 3. The lowest BCUT2D eigenvalue weighted by molar-refractivity contribution is -0.131. The third kappa shape index (κ3) is 4.95. The fraction of sp³-hybridized carbons (Fsp3) is 0.333. The summed E-state index contributed by atoms with van der Waals surface area (Å²) >= 11 is 0. The Kier molecular flexibility index (Phi) is 7.25. The van der Waals surface area contributed by atoms with Crippen LogP contribution in [0.25, 0.3) is 11.1 Å². The minimum absolute atomic E-state index is 0.0126. The lowest BCUT2D eigenvalue weighted by Crippen LogP contribution is -2.60. The normalized spacial score (nSPS) is 23.5. The van der Waals surface area contributed by atoms with Crippen molar-refractivity contribution in [3.05, 3.63) is 96.1 Å². The summed E-state index contributed by atoms with van der Waals surface area (Å²) in [5.74, 6) is 0.0873. The number of nitrogens with one attached hydrogen (secondary N) is 1. The second kappa shape index (κ2) is 10.3. The van der Waals surface area contributed by atoms with Crippen molar-refractivity contribution in [2.45, 2.75) is 32.7 Å². The van der Waals surface area contributed by atoms with E-state index >= 15 is 0 Å². The monoisotopic (exact) mass is 471 g/mol. The smallest absolute Gasteiger partial charge is 0.407 e. The number of hydrogen-bond donors (Lipinski definition) is 2. The molecule has 0 radical (unpaired) electrons. The van der Waals surface area contributed by atoms with Crippen LogP contribution in [0.3, 0.4) is 0 Å². The Balaban J connectivity index is 1.47. The number of carbonyl (C=O) groups is 2. The Morgan fingerprint density at radius 3 is 2.20 bits per heavy atom. The first-order chi connectivity index (χ1) is 16.8. The number of carboxylic acid groups (broad SMARTS) is 1. The fourth-order valence-electron chi connectivity index (χ4n) is 5.85. The van der Waals surface area contributed by atoms with Crippen LogP contribution in [0.5, 0.6) is 0 Å². The molecular weight excluding hydrogens is 438 g/mol. The van der Waals surface area contributed by atoms with E-state index < -0.39 is 12.1 Å². The van der Waals surface area contributed by atoms with Gasteiger partial charge in [0.2, 0.25) is 0 Å². The van der Waals surface area contributed by atoms with Crippen molar-refractivity contribution in [3.8, 4) is 11.1 Å². The molecule has 1 amide bonds. The van der Waals surface area contributed by atoms with Crippen LogP contribution in [-0.4, -0.2) is 29.8 Å². The molecule has 2 aliphatic carbocycles. The van der Waals surface area contributed by atoms with E-state index in [0.717, 1.165) is 11.6 Å². The molecule has 2 aliphatic rings. The highest BCUT2D eigenvalue weighted by atomic mass is 16.5. The molecule has 35 heavy (non-hydrogen) atoms. The van der Waals surface area contributed by atoms with Crippen molar-refractivity contribution in [2.75, 3.05) is 6.61 Å². The van der Waals surface area contributed by atoms with Gasteiger partial charge in [-0.15, -0.1) is 0 Å².